The number of aryl methyl sites for hydroxylation is 2. The average molecular weight is 290 g/mol. The Morgan fingerprint density at radius 3 is 2.27 bits per heavy atom. The third-order valence-electron chi connectivity index (χ3n) is 3.87. The summed E-state index contributed by atoms with van der Waals surface area (Å²) in [5.74, 6) is 0.677. The molecule has 3 nitrogen and oxygen atoms in total. The van der Waals surface area contributed by atoms with Gasteiger partial charge in [-0.1, -0.05) is 41.5 Å². The van der Waals surface area contributed by atoms with Gasteiger partial charge in [0.2, 0.25) is 0 Å². The summed E-state index contributed by atoms with van der Waals surface area (Å²) in [5, 5.41) is 1.31. The highest BCUT2D eigenvalue weighted by molar-refractivity contribution is 6.02. The zero-order valence-corrected chi connectivity index (χ0v) is 12.3. The maximum absolute atomic E-state index is 12.1. The van der Waals surface area contributed by atoms with Crippen molar-refractivity contribution in [1.29, 1.82) is 0 Å². The molecule has 0 aliphatic rings. The van der Waals surface area contributed by atoms with E-state index >= 15 is 0 Å². The van der Waals surface area contributed by atoms with E-state index in [9.17, 15) is 4.79 Å². The molecule has 0 spiro atoms. The van der Waals surface area contributed by atoms with Gasteiger partial charge in [-0.25, -0.2) is 4.79 Å². The fraction of sp³-hybridized carbons (Fsp3) is 0.105. The molecule has 0 atom stereocenters. The van der Waals surface area contributed by atoms with Crippen molar-refractivity contribution in [1.82, 2.24) is 0 Å². The fourth-order valence-electron chi connectivity index (χ4n) is 2.67. The van der Waals surface area contributed by atoms with Gasteiger partial charge >= 0.3 is 5.63 Å². The van der Waals surface area contributed by atoms with Crippen LogP contribution in [-0.4, -0.2) is 0 Å². The number of benzene rings is 2. The van der Waals surface area contributed by atoms with Gasteiger partial charge in [-0.3, -0.25) is 0 Å². The van der Waals surface area contributed by atoms with Gasteiger partial charge in [0, 0.05) is 5.56 Å². The van der Waals surface area contributed by atoms with Gasteiger partial charge in [0.05, 0.1) is 5.39 Å². The lowest BCUT2D eigenvalue weighted by Gasteiger charge is -1.99. The van der Waals surface area contributed by atoms with E-state index in [1.165, 1.54) is 5.56 Å². The van der Waals surface area contributed by atoms with Crippen LogP contribution in [0.25, 0.3) is 33.3 Å². The molecule has 0 fully saturated rings. The lowest BCUT2D eigenvalue weighted by Crippen LogP contribution is -1.97. The van der Waals surface area contributed by atoms with Crippen molar-refractivity contribution in [2.75, 3.05) is 0 Å². The van der Waals surface area contributed by atoms with Crippen molar-refractivity contribution in [2.45, 2.75) is 13.8 Å². The van der Waals surface area contributed by atoms with Crippen LogP contribution >= 0.6 is 0 Å². The van der Waals surface area contributed by atoms with E-state index in [-0.39, 0.29) is 5.63 Å². The Kier molecular flexibility index (Phi) is 2.70. The van der Waals surface area contributed by atoms with E-state index < -0.39 is 0 Å². The van der Waals surface area contributed by atoms with Crippen molar-refractivity contribution < 1.29 is 8.83 Å². The van der Waals surface area contributed by atoms with Gasteiger partial charge in [0.25, 0.3) is 0 Å². The SMILES string of the molecule is Cc1ccc(-c2cc3c(=O)oc4ccc(C)cc4c3o2)cc1. The summed E-state index contributed by atoms with van der Waals surface area (Å²) < 4.78 is 11.4. The van der Waals surface area contributed by atoms with E-state index in [4.69, 9.17) is 8.83 Å². The van der Waals surface area contributed by atoms with Crippen molar-refractivity contribution in [3.05, 3.63) is 70.1 Å². The summed E-state index contributed by atoms with van der Waals surface area (Å²) in [6.07, 6.45) is 0. The van der Waals surface area contributed by atoms with Crippen LogP contribution in [0, 0.1) is 13.8 Å². The molecule has 4 rings (SSSR count). The number of furan rings is 1. The summed E-state index contributed by atoms with van der Waals surface area (Å²) in [4.78, 5) is 12.1. The van der Waals surface area contributed by atoms with E-state index in [0.29, 0.717) is 22.3 Å². The van der Waals surface area contributed by atoms with Crippen LogP contribution in [0.3, 0.4) is 0 Å². The molecule has 0 radical (unpaired) electrons. The molecule has 0 aliphatic carbocycles. The Labute approximate surface area is 126 Å². The Morgan fingerprint density at radius 1 is 0.773 bits per heavy atom. The molecule has 3 heteroatoms. The van der Waals surface area contributed by atoms with Crippen molar-refractivity contribution in [2.24, 2.45) is 0 Å². The molecule has 0 bridgehead atoms. The average Bonchev–Trinajstić information content (AvgIpc) is 2.95. The van der Waals surface area contributed by atoms with Crippen molar-refractivity contribution >= 4 is 21.9 Å². The van der Waals surface area contributed by atoms with Crippen LogP contribution in [0.5, 0.6) is 0 Å². The lowest BCUT2D eigenvalue weighted by molar-refractivity contribution is 0.565. The van der Waals surface area contributed by atoms with Crippen LogP contribution < -0.4 is 5.63 Å². The van der Waals surface area contributed by atoms with Crippen LogP contribution in [0.2, 0.25) is 0 Å². The molecule has 0 saturated heterocycles. The topological polar surface area (TPSA) is 43.4 Å². The number of fused-ring (bicyclic) bond motifs is 3. The fourth-order valence-corrected chi connectivity index (χ4v) is 2.67. The highest BCUT2D eigenvalue weighted by Crippen LogP contribution is 2.31. The van der Waals surface area contributed by atoms with Crippen molar-refractivity contribution in [3.8, 4) is 11.3 Å². The summed E-state index contributed by atoms with van der Waals surface area (Å²) >= 11 is 0. The quantitative estimate of drug-likeness (QED) is 0.472. The minimum atomic E-state index is -0.367. The minimum absolute atomic E-state index is 0.367. The Balaban J connectivity index is 2.06. The van der Waals surface area contributed by atoms with Gasteiger partial charge in [0.1, 0.15) is 16.7 Å². The molecule has 2 aromatic carbocycles. The molecule has 0 unspecified atom stereocenters. The molecule has 4 aromatic rings. The first-order chi connectivity index (χ1) is 10.6. The zero-order valence-electron chi connectivity index (χ0n) is 12.3. The summed E-state index contributed by atoms with van der Waals surface area (Å²) in [6, 6.07) is 15.5. The van der Waals surface area contributed by atoms with E-state index in [0.717, 1.165) is 16.5 Å². The Bertz CT molecular complexity index is 1050. The second-order valence-electron chi connectivity index (χ2n) is 5.61. The molecule has 0 amide bonds. The highest BCUT2D eigenvalue weighted by atomic mass is 16.4. The van der Waals surface area contributed by atoms with Crippen LogP contribution in [0.15, 0.2) is 62.2 Å². The summed E-state index contributed by atoms with van der Waals surface area (Å²) in [6.45, 7) is 4.04. The van der Waals surface area contributed by atoms with Gasteiger partial charge in [-0.15, -0.1) is 0 Å². The van der Waals surface area contributed by atoms with Gasteiger partial charge < -0.3 is 8.83 Å². The standard InChI is InChI=1S/C19H14O3/c1-11-3-6-13(7-4-11)17-10-15-18(21-17)14-9-12(2)5-8-16(14)22-19(15)20/h3-10H,1-2H3. The first kappa shape index (κ1) is 12.9. The second kappa shape index (κ2) is 4.60. The minimum Gasteiger partial charge on any atom is -0.455 e. The predicted octanol–water partition coefficient (Wildman–Crippen LogP) is 4.82. The molecule has 0 aliphatic heterocycles. The van der Waals surface area contributed by atoms with Crippen LogP contribution in [0.4, 0.5) is 0 Å². The zero-order chi connectivity index (χ0) is 15.3. The largest absolute Gasteiger partial charge is 0.455 e. The molecule has 108 valence electrons. The summed E-state index contributed by atoms with van der Waals surface area (Å²) in [7, 11) is 0. The molecular weight excluding hydrogens is 276 g/mol. The summed E-state index contributed by atoms with van der Waals surface area (Å²) in [5.41, 5.74) is 3.99. The maximum Gasteiger partial charge on any atom is 0.347 e. The molecular formula is C19H14O3. The van der Waals surface area contributed by atoms with Gasteiger partial charge in [-0.2, -0.15) is 0 Å². The molecule has 22 heavy (non-hydrogen) atoms. The van der Waals surface area contributed by atoms with Crippen LogP contribution in [0.1, 0.15) is 11.1 Å². The molecule has 2 heterocycles. The van der Waals surface area contributed by atoms with E-state index in [1.807, 2.05) is 50.2 Å². The normalized spacial score (nSPS) is 11.4. The highest BCUT2D eigenvalue weighted by Gasteiger charge is 2.14. The number of rotatable bonds is 1. The lowest BCUT2D eigenvalue weighted by atomic mass is 10.1. The smallest absolute Gasteiger partial charge is 0.347 e. The Morgan fingerprint density at radius 2 is 1.50 bits per heavy atom. The third kappa shape index (κ3) is 1.94. The number of hydrogen-bond acceptors (Lipinski definition) is 3. The van der Waals surface area contributed by atoms with E-state index in [1.54, 1.807) is 12.1 Å². The maximum atomic E-state index is 12.1. The van der Waals surface area contributed by atoms with E-state index in [2.05, 4.69) is 0 Å². The molecule has 2 aromatic heterocycles. The van der Waals surface area contributed by atoms with Gasteiger partial charge in [0.15, 0.2) is 5.58 Å². The Hall–Kier alpha value is -2.81. The first-order valence-corrected chi connectivity index (χ1v) is 7.16. The first-order valence-electron chi connectivity index (χ1n) is 7.16. The number of hydrogen-bond donors (Lipinski definition) is 0. The van der Waals surface area contributed by atoms with Crippen LogP contribution in [-0.2, 0) is 0 Å². The van der Waals surface area contributed by atoms with Gasteiger partial charge in [-0.05, 0) is 32.0 Å². The third-order valence-corrected chi connectivity index (χ3v) is 3.87. The molecule has 0 N–H and O–H groups in total. The van der Waals surface area contributed by atoms with Crippen molar-refractivity contribution in [3.63, 3.8) is 0 Å². The monoisotopic (exact) mass is 290 g/mol. The second-order valence-corrected chi connectivity index (χ2v) is 5.61. The molecule has 0 saturated carbocycles. The predicted molar refractivity (Wildman–Crippen MR) is 87.2 cm³/mol.